The van der Waals surface area contributed by atoms with Gasteiger partial charge >= 0.3 is 6.36 Å². The van der Waals surface area contributed by atoms with Gasteiger partial charge in [0.2, 0.25) is 5.89 Å². The molecule has 1 N–H and O–H groups in total. The summed E-state index contributed by atoms with van der Waals surface area (Å²) < 4.78 is 47.8. The smallest absolute Gasteiger partial charge is 0.445 e. The van der Waals surface area contributed by atoms with Crippen LogP contribution in [0.1, 0.15) is 35.6 Å². The lowest BCUT2D eigenvalue weighted by atomic mass is 10.1. The summed E-state index contributed by atoms with van der Waals surface area (Å²) in [5, 5.41) is 11.1. The van der Waals surface area contributed by atoms with E-state index in [9.17, 15) is 13.2 Å². The second kappa shape index (κ2) is 11.4. The van der Waals surface area contributed by atoms with E-state index in [1.807, 2.05) is 23.0 Å². The number of hydrogen-bond acceptors (Lipinski definition) is 6. The quantitative estimate of drug-likeness (QED) is 0.265. The first-order valence-electron chi connectivity index (χ1n) is 11.1. The van der Waals surface area contributed by atoms with Crippen LogP contribution in [0.3, 0.4) is 0 Å². The molecule has 0 saturated heterocycles. The molecule has 4 aromatic rings. The van der Waals surface area contributed by atoms with Gasteiger partial charge in [-0.2, -0.15) is 0 Å². The molecule has 35 heavy (non-hydrogen) atoms. The highest BCUT2D eigenvalue weighted by molar-refractivity contribution is 5.66. The number of anilines is 1. The number of alkyl halides is 3. The first-order chi connectivity index (χ1) is 16.9. The average Bonchev–Trinajstić information content (AvgIpc) is 3.52. The summed E-state index contributed by atoms with van der Waals surface area (Å²) in [6, 6.07) is 13.8. The van der Waals surface area contributed by atoms with Crippen LogP contribution in [0, 0.1) is 0 Å². The standard InChI is InChI=1S/C25H24F3N5O2/c26-25(27,28)35-23-11-6-20(7-12-23)8-13-24-31-22(18-34-24)17-29-21-9-4-19(5-10-21)3-1-2-15-33-16-14-30-32-33/h4-14,16,18,29H,1-3,15,17H2/b13-8+. The Labute approximate surface area is 200 Å². The van der Waals surface area contributed by atoms with Gasteiger partial charge in [0, 0.05) is 24.5 Å². The second-order valence-electron chi connectivity index (χ2n) is 7.80. The number of ether oxygens (including phenoxy) is 1. The maximum atomic E-state index is 12.2. The third-order valence-corrected chi connectivity index (χ3v) is 5.10. The highest BCUT2D eigenvalue weighted by Gasteiger charge is 2.30. The van der Waals surface area contributed by atoms with Gasteiger partial charge in [-0.05, 0) is 60.7 Å². The zero-order valence-electron chi connectivity index (χ0n) is 18.8. The van der Waals surface area contributed by atoms with Crippen molar-refractivity contribution in [2.24, 2.45) is 0 Å². The fourth-order valence-electron chi connectivity index (χ4n) is 3.37. The number of nitrogens with zero attached hydrogens (tertiary/aromatic N) is 4. The number of halogens is 3. The van der Waals surface area contributed by atoms with Crippen molar-refractivity contribution in [3.8, 4) is 5.75 Å². The van der Waals surface area contributed by atoms with Gasteiger partial charge in [-0.25, -0.2) is 4.98 Å². The Kier molecular flexibility index (Phi) is 7.81. The Morgan fingerprint density at radius 3 is 2.51 bits per heavy atom. The number of hydrogen-bond donors (Lipinski definition) is 1. The third kappa shape index (κ3) is 8.02. The maximum absolute atomic E-state index is 12.2. The van der Waals surface area contributed by atoms with E-state index in [1.54, 1.807) is 24.6 Å². The number of benzene rings is 2. The summed E-state index contributed by atoms with van der Waals surface area (Å²) in [6.07, 6.45) is 6.89. The molecule has 2 aromatic carbocycles. The molecule has 0 fully saturated rings. The number of aromatic nitrogens is 4. The fourth-order valence-corrected chi connectivity index (χ4v) is 3.37. The lowest BCUT2D eigenvalue weighted by Gasteiger charge is -2.08. The summed E-state index contributed by atoms with van der Waals surface area (Å²) in [5.74, 6) is 0.133. The normalized spacial score (nSPS) is 11.7. The van der Waals surface area contributed by atoms with Crippen LogP contribution in [0.5, 0.6) is 5.75 Å². The van der Waals surface area contributed by atoms with E-state index in [0.29, 0.717) is 18.0 Å². The van der Waals surface area contributed by atoms with Crippen LogP contribution >= 0.6 is 0 Å². The number of nitrogens with one attached hydrogen (secondary N) is 1. The molecule has 0 aliphatic carbocycles. The van der Waals surface area contributed by atoms with Crippen molar-refractivity contribution >= 4 is 17.8 Å². The molecule has 10 heteroatoms. The molecule has 2 heterocycles. The second-order valence-corrected chi connectivity index (χ2v) is 7.80. The van der Waals surface area contributed by atoms with Gasteiger partial charge in [0.25, 0.3) is 0 Å². The SMILES string of the molecule is FC(F)(F)Oc1ccc(/C=C/c2nc(CNc3ccc(CCCCn4ccnn4)cc3)co2)cc1. The van der Waals surface area contributed by atoms with E-state index in [4.69, 9.17) is 4.42 Å². The Bertz CT molecular complexity index is 1200. The van der Waals surface area contributed by atoms with E-state index in [0.717, 1.165) is 37.2 Å². The van der Waals surface area contributed by atoms with Crippen molar-refractivity contribution in [3.63, 3.8) is 0 Å². The van der Waals surface area contributed by atoms with Gasteiger partial charge < -0.3 is 14.5 Å². The van der Waals surface area contributed by atoms with Crippen LogP contribution in [0.4, 0.5) is 18.9 Å². The third-order valence-electron chi connectivity index (χ3n) is 5.10. The molecule has 0 bridgehead atoms. The monoisotopic (exact) mass is 483 g/mol. The number of rotatable bonds is 11. The van der Waals surface area contributed by atoms with Crippen LogP contribution in [-0.4, -0.2) is 26.3 Å². The highest BCUT2D eigenvalue weighted by Crippen LogP contribution is 2.23. The summed E-state index contributed by atoms with van der Waals surface area (Å²) >= 11 is 0. The molecule has 0 amide bonds. The molecule has 0 atom stereocenters. The molecule has 0 spiro atoms. The van der Waals surface area contributed by atoms with E-state index in [1.165, 1.54) is 29.8 Å². The van der Waals surface area contributed by atoms with Gasteiger partial charge in [0.1, 0.15) is 12.0 Å². The predicted octanol–water partition coefficient (Wildman–Crippen LogP) is 5.97. The van der Waals surface area contributed by atoms with Crippen molar-refractivity contribution in [1.29, 1.82) is 0 Å². The molecule has 0 saturated carbocycles. The maximum Gasteiger partial charge on any atom is 0.573 e. The molecular weight excluding hydrogens is 459 g/mol. The number of oxazole rings is 1. The Balaban J connectivity index is 1.20. The topological polar surface area (TPSA) is 78.0 Å². The zero-order valence-corrected chi connectivity index (χ0v) is 18.8. The van der Waals surface area contributed by atoms with Gasteiger partial charge in [0.15, 0.2) is 0 Å². The van der Waals surface area contributed by atoms with Gasteiger partial charge in [-0.1, -0.05) is 29.5 Å². The molecular formula is C25H24F3N5O2. The highest BCUT2D eigenvalue weighted by atomic mass is 19.4. The Morgan fingerprint density at radius 1 is 1.00 bits per heavy atom. The minimum absolute atomic E-state index is 0.268. The van der Waals surface area contributed by atoms with Gasteiger partial charge in [0.05, 0.1) is 18.4 Å². The summed E-state index contributed by atoms with van der Waals surface area (Å²) in [7, 11) is 0. The van der Waals surface area contributed by atoms with Crippen molar-refractivity contribution in [3.05, 3.63) is 89.9 Å². The van der Waals surface area contributed by atoms with E-state index in [-0.39, 0.29) is 5.75 Å². The van der Waals surface area contributed by atoms with Crippen molar-refractivity contribution in [2.45, 2.75) is 38.7 Å². The number of unbranched alkanes of at least 4 members (excludes halogenated alkanes) is 1. The van der Waals surface area contributed by atoms with Gasteiger partial charge in [-0.15, -0.1) is 18.3 Å². The first-order valence-corrected chi connectivity index (χ1v) is 11.1. The fraction of sp³-hybridized carbons (Fsp3) is 0.240. The largest absolute Gasteiger partial charge is 0.573 e. The lowest BCUT2D eigenvalue weighted by molar-refractivity contribution is -0.274. The summed E-state index contributed by atoms with van der Waals surface area (Å²) in [5.41, 5.74) is 3.69. The Hall–Kier alpha value is -4.08. The van der Waals surface area contributed by atoms with Crippen molar-refractivity contribution < 1.29 is 22.3 Å². The average molecular weight is 483 g/mol. The van der Waals surface area contributed by atoms with Crippen LogP contribution in [0.15, 0.2) is 71.6 Å². The minimum Gasteiger partial charge on any atom is -0.445 e. The van der Waals surface area contributed by atoms with E-state index >= 15 is 0 Å². The Morgan fingerprint density at radius 2 is 1.80 bits per heavy atom. The van der Waals surface area contributed by atoms with Crippen molar-refractivity contribution in [1.82, 2.24) is 20.0 Å². The molecule has 0 aliphatic rings. The first kappa shape index (κ1) is 24.1. The van der Waals surface area contributed by atoms with Crippen molar-refractivity contribution in [2.75, 3.05) is 5.32 Å². The lowest BCUT2D eigenvalue weighted by Crippen LogP contribution is -2.16. The zero-order chi connectivity index (χ0) is 24.5. The molecule has 0 radical (unpaired) electrons. The molecule has 4 rings (SSSR count). The molecule has 0 aliphatic heterocycles. The van der Waals surface area contributed by atoms with Crippen LogP contribution < -0.4 is 10.1 Å². The molecule has 7 nitrogen and oxygen atoms in total. The molecule has 182 valence electrons. The number of aryl methyl sites for hydroxylation is 2. The summed E-state index contributed by atoms with van der Waals surface area (Å²) in [6.45, 7) is 1.37. The van der Waals surface area contributed by atoms with Gasteiger partial charge in [-0.3, -0.25) is 4.68 Å². The molecule has 2 aromatic heterocycles. The van der Waals surface area contributed by atoms with Crippen LogP contribution in [-0.2, 0) is 19.5 Å². The summed E-state index contributed by atoms with van der Waals surface area (Å²) in [4.78, 5) is 4.39. The van der Waals surface area contributed by atoms with E-state index in [2.05, 4.69) is 37.5 Å². The van der Waals surface area contributed by atoms with Crippen LogP contribution in [0.2, 0.25) is 0 Å². The minimum atomic E-state index is -4.71. The van der Waals surface area contributed by atoms with Crippen LogP contribution in [0.25, 0.3) is 12.2 Å². The van der Waals surface area contributed by atoms with E-state index < -0.39 is 6.36 Å². The predicted molar refractivity (Wildman–Crippen MR) is 125 cm³/mol. The molecule has 0 unspecified atom stereocenters.